The topological polar surface area (TPSA) is 155 Å². The van der Waals surface area contributed by atoms with Gasteiger partial charge in [-0.05, 0) is 92.1 Å². The summed E-state index contributed by atoms with van der Waals surface area (Å²) in [5.74, 6) is -4.42. The molecule has 4 aromatic rings. The molecule has 14 nitrogen and oxygen atoms in total. The van der Waals surface area contributed by atoms with Gasteiger partial charge in [0.25, 0.3) is 5.91 Å². The number of pyridine rings is 1. The molecule has 72 heavy (non-hydrogen) atoms. The molecule has 398 valence electrons. The fourth-order valence-electron chi connectivity index (χ4n) is 9.61. The number of carbonyl (C=O) groups is 5. The highest BCUT2D eigenvalue weighted by molar-refractivity contribution is 7.60. The number of rotatable bonds is 10. The standard InChI is InChI=1S/C50H60F3N7O7.5H2S/c1-8-42(61)58-22-19-34(28-58)46(63)57(6)41(27-50(51,52)53)45(62)55-39-24-31-13-10-14-32(23-31)33-17-18-40-36(25-33)37(44(59(40)9-2)35-15-11-20-54-43(35)30(3)66-7)26-49(4,5)29-67-48(65)38-16-12-21-60(56-38)47(39)64;;;;;/h8,10-11,13-15,17-18,20,23,25,30,34,38-39,41,56H,1,9,12,16,19,21-22,24,26-29H2,2-7H3,(H,55,62);5*1H2/t30-,34-,38-,39-,41-;;;;;/m0...../s1. The smallest absolute Gasteiger partial charge is 0.391 e. The summed E-state index contributed by atoms with van der Waals surface area (Å²) in [5.41, 5.74) is 9.38. The number of nitrogens with one attached hydrogen (secondary N) is 2. The summed E-state index contributed by atoms with van der Waals surface area (Å²) in [6.45, 7) is 12.6. The van der Waals surface area contributed by atoms with Gasteiger partial charge in [0, 0.05) is 74.8 Å². The number of ether oxygens (including phenoxy) is 2. The predicted octanol–water partition coefficient (Wildman–Crippen LogP) is 7.12. The van der Waals surface area contributed by atoms with Crippen LogP contribution in [-0.4, -0.2) is 119 Å². The van der Waals surface area contributed by atoms with Gasteiger partial charge < -0.3 is 29.2 Å². The van der Waals surface area contributed by atoms with Crippen molar-refractivity contribution in [2.45, 2.75) is 103 Å². The Balaban J connectivity index is 0.00000355. The number of benzene rings is 2. The number of fused-ring (bicyclic) bond motifs is 6. The second-order valence-electron chi connectivity index (χ2n) is 18.6. The Morgan fingerprint density at radius 1 is 1.03 bits per heavy atom. The van der Waals surface area contributed by atoms with E-state index in [-0.39, 0.29) is 113 Å². The number of alkyl halides is 3. The van der Waals surface area contributed by atoms with Crippen LogP contribution in [0, 0.1) is 11.3 Å². The van der Waals surface area contributed by atoms with Crippen LogP contribution in [0.1, 0.15) is 76.3 Å². The van der Waals surface area contributed by atoms with Gasteiger partial charge in [0.15, 0.2) is 0 Å². The van der Waals surface area contributed by atoms with E-state index in [2.05, 4.69) is 40.9 Å². The number of methoxy groups -OCH3 is 1. The van der Waals surface area contributed by atoms with Crippen LogP contribution in [0.2, 0.25) is 0 Å². The Hall–Kier alpha value is -4.32. The lowest BCUT2D eigenvalue weighted by Gasteiger charge is -2.36. The number of hydrogen-bond donors (Lipinski definition) is 2. The van der Waals surface area contributed by atoms with Crippen molar-refractivity contribution >= 4 is 108 Å². The number of amides is 4. The fraction of sp³-hybridized carbons (Fsp3) is 0.480. The quantitative estimate of drug-likeness (QED) is 0.125. The van der Waals surface area contributed by atoms with E-state index < -0.39 is 71.7 Å². The molecule has 0 radical (unpaired) electrons. The molecular formula is C50H70F3N7O7S5. The van der Waals surface area contributed by atoms with Crippen molar-refractivity contribution in [3.63, 3.8) is 0 Å². The van der Waals surface area contributed by atoms with Crippen LogP contribution in [0.15, 0.2) is 73.4 Å². The summed E-state index contributed by atoms with van der Waals surface area (Å²) >= 11 is 0. The molecule has 2 aromatic heterocycles. The number of esters is 1. The number of nitrogens with zero attached hydrogens (tertiary/aromatic N) is 5. The van der Waals surface area contributed by atoms with E-state index in [1.54, 1.807) is 19.4 Å². The Kier molecular flexibility index (Phi) is 23.7. The lowest BCUT2D eigenvalue weighted by atomic mass is 9.84. The molecule has 7 rings (SSSR count). The third-order valence-corrected chi connectivity index (χ3v) is 13.2. The first-order chi connectivity index (χ1) is 31.8. The number of hydrazine groups is 1. The third-order valence-electron chi connectivity index (χ3n) is 13.2. The normalized spacial score (nSPS) is 19.5. The number of halogens is 3. The van der Waals surface area contributed by atoms with Gasteiger partial charge in [-0.3, -0.25) is 34.0 Å². The van der Waals surface area contributed by atoms with Crippen LogP contribution in [0.5, 0.6) is 0 Å². The Morgan fingerprint density at radius 2 is 1.74 bits per heavy atom. The van der Waals surface area contributed by atoms with Crippen molar-refractivity contribution < 1.29 is 46.6 Å². The average Bonchev–Trinajstić information content (AvgIpc) is 3.93. The van der Waals surface area contributed by atoms with Gasteiger partial charge in [0.05, 0.1) is 36.4 Å². The van der Waals surface area contributed by atoms with Crippen molar-refractivity contribution in [3.8, 4) is 22.4 Å². The molecule has 22 heteroatoms. The minimum Gasteiger partial charge on any atom is -0.464 e. The summed E-state index contributed by atoms with van der Waals surface area (Å²) in [5, 5.41) is 4.81. The minimum atomic E-state index is -4.87. The molecule has 2 fully saturated rings. The van der Waals surface area contributed by atoms with Crippen LogP contribution in [0.3, 0.4) is 0 Å². The molecule has 4 amide bonds. The maximum Gasteiger partial charge on any atom is 0.391 e. The lowest BCUT2D eigenvalue weighted by Crippen LogP contribution is -2.62. The zero-order valence-corrected chi connectivity index (χ0v) is 46.5. The molecule has 6 bridgehead atoms. The molecular weight excluding hydrogens is 1030 g/mol. The minimum absolute atomic E-state index is 0. The summed E-state index contributed by atoms with van der Waals surface area (Å²) in [6.07, 6.45) is -2.68. The maximum absolute atomic E-state index is 14.6. The third kappa shape index (κ3) is 14.3. The number of aromatic nitrogens is 2. The molecule has 5 heterocycles. The van der Waals surface area contributed by atoms with Crippen LogP contribution in [0.25, 0.3) is 33.3 Å². The number of aryl methyl sites for hydroxylation is 1. The second kappa shape index (κ2) is 26.8. The van der Waals surface area contributed by atoms with Crippen molar-refractivity contribution in [2.24, 2.45) is 11.3 Å². The first kappa shape index (κ1) is 63.8. The molecule has 2 saturated heterocycles. The molecule has 5 atom stereocenters. The Morgan fingerprint density at radius 3 is 2.40 bits per heavy atom. The monoisotopic (exact) mass is 1100 g/mol. The number of likely N-dealkylation sites (tertiary alicyclic amines) is 1. The summed E-state index contributed by atoms with van der Waals surface area (Å²) < 4.78 is 56.8. The number of carbonyl (C=O) groups excluding carboxylic acids is 5. The number of cyclic esters (lactones) is 1. The van der Waals surface area contributed by atoms with Crippen molar-refractivity contribution in [1.82, 2.24) is 35.1 Å². The Bertz CT molecular complexity index is 2570. The maximum atomic E-state index is 14.6. The fourth-order valence-corrected chi connectivity index (χ4v) is 9.61. The van der Waals surface area contributed by atoms with E-state index in [4.69, 9.17) is 14.5 Å². The molecule has 0 spiro atoms. The highest BCUT2D eigenvalue weighted by Crippen LogP contribution is 2.42. The van der Waals surface area contributed by atoms with Gasteiger partial charge >= 0.3 is 12.1 Å². The van der Waals surface area contributed by atoms with Crippen molar-refractivity contribution in [1.29, 1.82) is 0 Å². The van der Waals surface area contributed by atoms with Crippen LogP contribution in [0.4, 0.5) is 13.2 Å². The van der Waals surface area contributed by atoms with Crippen molar-refractivity contribution in [2.75, 3.05) is 40.4 Å². The first-order valence-corrected chi connectivity index (χ1v) is 22.8. The second-order valence-corrected chi connectivity index (χ2v) is 18.6. The molecule has 3 aliphatic heterocycles. The molecule has 0 aliphatic carbocycles. The molecule has 2 aromatic carbocycles. The average molecular weight is 1100 g/mol. The molecule has 0 unspecified atom stereocenters. The molecule has 0 saturated carbocycles. The van der Waals surface area contributed by atoms with Crippen LogP contribution in [-0.2, 0) is 52.8 Å². The van der Waals surface area contributed by atoms with E-state index in [0.29, 0.717) is 31.4 Å². The molecule has 3 aliphatic rings. The number of likely N-dealkylation sites (N-methyl/N-ethyl adjacent to an activating group) is 1. The zero-order valence-electron chi connectivity index (χ0n) is 41.5. The molecule has 2 N–H and O–H groups in total. The van der Waals surface area contributed by atoms with E-state index in [0.717, 1.165) is 62.6 Å². The van der Waals surface area contributed by atoms with Gasteiger partial charge in [-0.2, -0.15) is 80.6 Å². The first-order valence-electron chi connectivity index (χ1n) is 22.8. The van der Waals surface area contributed by atoms with E-state index in [9.17, 15) is 37.1 Å². The van der Waals surface area contributed by atoms with Gasteiger partial charge in [0.2, 0.25) is 17.7 Å². The predicted molar refractivity (Wildman–Crippen MR) is 298 cm³/mol. The lowest BCUT2D eigenvalue weighted by molar-refractivity contribution is -0.163. The van der Waals surface area contributed by atoms with E-state index in [1.807, 2.05) is 57.2 Å². The van der Waals surface area contributed by atoms with Gasteiger partial charge in [-0.25, -0.2) is 5.43 Å². The van der Waals surface area contributed by atoms with Gasteiger partial charge in [-0.1, -0.05) is 50.8 Å². The van der Waals surface area contributed by atoms with E-state index in [1.165, 1.54) is 9.91 Å². The summed E-state index contributed by atoms with van der Waals surface area (Å²) in [4.78, 5) is 75.5. The van der Waals surface area contributed by atoms with E-state index >= 15 is 0 Å². The largest absolute Gasteiger partial charge is 0.464 e. The van der Waals surface area contributed by atoms with Gasteiger partial charge in [-0.15, -0.1) is 0 Å². The SMILES string of the molecule is C=CC(=O)N1CC[C@H](C(=O)N(C)[C@@H](CC(F)(F)F)C(=O)N[C@H]2Cc3cccc(c3)-c3ccc4c(c3)c(c(-c3cccnc3[C@H](C)OC)n4CC)CC(C)(C)COC(=O)[C@@H]3CCCN(N3)C2=O)C1.S.S.S.S.S. The highest BCUT2D eigenvalue weighted by Gasteiger charge is 2.44. The van der Waals surface area contributed by atoms with Crippen LogP contribution >= 0.6 is 67.5 Å². The number of hydrogen-bond acceptors (Lipinski definition) is 9. The van der Waals surface area contributed by atoms with Gasteiger partial charge in [0.1, 0.15) is 18.1 Å². The van der Waals surface area contributed by atoms with Crippen molar-refractivity contribution in [3.05, 3.63) is 90.3 Å². The zero-order chi connectivity index (χ0) is 48.4. The summed E-state index contributed by atoms with van der Waals surface area (Å²) in [6, 6.07) is 13.2. The summed E-state index contributed by atoms with van der Waals surface area (Å²) in [7, 11) is 2.78. The Labute approximate surface area is 454 Å². The van der Waals surface area contributed by atoms with Crippen LogP contribution < -0.4 is 10.7 Å². The highest BCUT2D eigenvalue weighted by atomic mass is 32.1.